The molecule has 1 heterocycles. The van der Waals surface area contributed by atoms with Crippen LogP contribution in [0.5, 0.6) is 0 Å². The molecule has 0 spiro atoms. The van der Waals surface area contributed by atoms with Gasteiger partial charge in [0.25, 0.3) is 0 Å². The molecule has 0 amide bonds. The second-order valence-corrected chi connectivity index (χ2v) is 6.70. The van der Waals surface area contributed by atoms with Gasteiger partial charge in [-0.05, 0) is 41.1 Å². The Labute approximate surface area is 161 Å². The lowest BCUT2D eigenvalue weighted by Crippen LogP contribution is -2.06. The summed E-state index contributed by atoms with van der Waals surface area (Å²) >= 11 is 5.93. The van der Waals surface area contributed by atoms with Crippen molar-refractivity contribution in [1.82, 2.24) is 9.78 Å². The normalized spacial score (nSPS) is 10.9. The zero-order valence-corrected chi connectivity index (χ0v) is 15.3. The number of aromatic nitrogens is 2. The molecule has 27 heavy (non-hydrogen) atoms. The Bertz CT molecular complexity index is 1180. The SMILES string of the molecule is CC(=O)c1nn(-c2ccc(Cl)cc2)cc1C(=O)c1ccc2ccccc2c1. The molecular weight excluding hydrogens is 360 g/mol. The molecule has 0 fully saturated rings. The van der Waals surface area contributed by atoms with E-state index in [-0.39, 0.29) is 22.8 Å². The van der Waals surface area contributed by atoms with E-state index in [1.807, 2.05) is 36.4 Å². The van der Waals surface area contributed by atoms with Crippen LogP contribution in [-0.4, -0.2) is 21.3 Å². The maximum Gasteiger partial charge on any atom is 0.196 e. The Morgan fingerprint density at radius 3 is 2.33 bits per heavy atom. The summed E-state index contributed by atoms with van der Waals surface area (Å²) in [5.74, 6) is -0.488. The third kappa shape index (κ3) is 3.27. The summed E-state index contributed by atoms with van der Waals surface area (Å²) in [6.07, 6.45) is 1.59. The van der Waals surface area contributed by atoms with Crippen LogP contribution in [0.4, 0.5) is 0 Å². The average molecular weight is 375 g/mol. The number of Topliss-reactive ketones (excluding diaryl/α,β-unsaturated/α-hetero) is 1. The van der Waals surface area contributed by atoms with E-state index in [9.17, 15) is 9.59 Å². The highest BCUT2D eigenvalue weighted by atomic mass is 35.5. The third-order valence-electron chi connectivity index (χ3n) is 4.40. The molecule has 0 aliphatic rings. The second kappa shape index (κ2) is 6.82. The molecule has 0 saturated heterocycles. The van der Waals surface area contributed by atoms with Gasteiger partial charge in [-0.2, -0.15) is 5.10 Å². The van der Waals surface area contributed by atoms with E-state index in [0.717, 1.165) is 16.5 Å². The smallest absolute Gasteiger partial charge is 0.196 e. The van der Waals surface area contributed by atoms with E-state index in [2.05, 4.69) is 5.10 Å². The Balaban J connectivity index is 1.80. The molecule has 4 rings (SSSR count). The van der Waals surface area contributed by atoms with Crippen LogP contribution in [0.2, 0.25) is 5.02 Å². The summed E-state index contributed by atoms with van der Waals surface area (Å²) < 4.78 is 1.53. The van der Waals surface area contributed by atoms with Gasteiger partial charge in [0.1, 0.15) is 5.69 Å². The van der Waals surface area contributed by atoms with Crippen LogP contribution >= 0.6 is 11.6 Å². The first-order valence-electron chi connectivity index (χ1n) is 8.43. The van der Waals surface area contributed by atoms with Crippen LogP contribution in [0, 0.1) is 0 Å². The molecular formula is C22H15ClN2O2. The van der Waals surface area contributed by atoms with Gasteiger partial charge in [-0.1, -0.05) is 48.0 Å². The minimum absolute atomic E-state index is 0.156. The number of nitrogens with zero attached hydrogens (tertiary/aromatic N) is 2. The minimum Gasteiger partial charge on any atom is -0.293 e. The molecule has 5 heteroatoms. The van der Waals surface area contributed by atoms with Gasteiger partial charge in [0.15, 0.2) is 11.6 Å². The van der Waals surface area contributed by atoms with Crippen molar-refractivity contribution in [1.29, 1.82) is 0 Å². The fourth-order valence-corrected chi connectivity index (χ4v) is 3.14. The molecule has 0 saturated carbocycles. The van der Waals surface area contributed by atoms with Crippen LogP contribution in [-0.2, 0) is 0 Å². The lowest BCUT2D eigenvalue weighted by atomic mass is 9.99. The summed E-state index contributed by atoms with van der Waals surface area (Å²) in [5, 5.41) is 6.95. The molecule has 4 aromatic rings. The summed E-state index contributed by atoms with van der Waals surface area (Å²) in [6, 6.07) is 20.4. The average Bonchev–Trinajstić information content (AvgIpc) is 3.13. The number of rotatable bonds is 4. The fourth-order valence-electron chi connectivity index (χ4n) is 3.01. The zero-order chi connectivity index (χ0) is 19.0. The Morgan fingerprint density at radius 2 is 1.63 bits per heavy atom. The molecule has 3 aromatic carbocycles. The van der Waals surface area contributed by atoms with Crippen LogP contribution in [0.1, 0.15) is 33.3 Å². The van der Waals surface area contributed by atoms with E-state index in [1.54, 1.807) is 36.5 Å². The van der Waals surface area contributed by atoms with Crippen LogP contribution in [0.15, 0.2) is 72.9 Å². The van der Waals surface area contributed by atoms with Gasteiger partial charge < -0.3 is 0 Å². The van der Waals surface area contributed by atoms with Crippen molar-refractivity contribution < 1.29 is 9.59 Å². The van der Waals surface area contributed by atoms with E-state index in [1.165, 1.54) is 11.6 Å². The van der Waals surface area contributed by atoms with Crippen molar-refractivity contribution in [2.24, 2.45) is 0 Å². The molecule has 0 atom stereocenters. The second-order valence-electron chi connectivity index (χ2n) is 6.26. The van der Waals surface area contributed by atoms with Gasteiger partial charge in [0, 0.05) is 23.7 Å². The van der Waals surface area contributed by atoms with Crippen LogP contribution in [0.3, 0.4) is 0 Å². The Hall–Kier alpha value is -3.24. The van der Waals surface area contributed by atoms with Crippen molar-refractivity contribution in [2.75, 3.05) is 0 Å². The molecule has 0 N–H and O–H groups in total. The largest absolute Gasteiger partial charge is 0.293 e. The fraction of sp³-hybridized carbons (Fsp3) is 0.0455. The highest BCUT2D eigenvalue weighted by Crippen LogP contribution is 2.21. The first-order chi connectivity index (χ1) is 13.0. The molecule has 4 nitrogen and oxygen atoms in total. The molecule has 132 valence electrons. The summed E-state index contributed by atoms with van der Waals surface area (Å²) in [6.45, 7) is 1.41. The Kier molecular flexibility index (Phi) is 4.34. The van der Waals surface area contributed by atoms with Crippen LogP contribution < -0.4 is 0 Å². The van der Waals surface area contributed by atoms with Gasteiger partial charge >= 0.3 is 0 Å². The number of fused-ring (bicyclic) bond motifs is 1. The quantitative estimate of drug-likeness (QED) is 0.466. The highest BCUT2D eigenvalue weighted by molar-refractivity contribution is 6.30. The van der Waals surface area contributed by atoms with Crippen molar-refractivity contribution in [2.45, 2.75) is 6.92 Å². The lowest BCUT2D eigenvalue weighted by molar-refractivity contribution is 0.0987. The summed E-state index contributed by atoms with van der Waals surface area (Å²) in [5.41, 5.74) is 1.68. The van der Waals surface area contributed by atoms with Gasteiger partial charge in [-0.15, -0.1) is 0 Å². The topological polar surface area (TPSA) is 52.0 Å². The Morgan fingerprint density at radius 1 is 0.926 bits per heavy atom. The standard InChI is InChI=1S/C22H15ClN2O2/c1-14(26)21-20(13-25(24-21)19-10-8-18(23)9-11-19)22(27)17-7-6-15-4-2-3-5-16(15)12-17/h2-13H,1H3. The monoisotopic (exact) mass is 374 g/mol. The number of halogens is 1. The van der Waals surface area contributed by atoms with E-state index >= 15 is 0 Å². The molecule has 0 unspecified atom stereocenters. The maximum atomic E-state index is 13.1. The minimum atomic E-state index is -0.258. The van der Waals surface area contributed by atoms with E-state index < -0.39 is 0 Å². The van der Waals surface area contributed by atoms with Gasteiger partial charge in [0.05, 0.1) is 11.3 Å². The summed E-state index contributed by atoms with van der Waals surface area (Å²) in [7, 11) is 0. The lowest BCUT2D eigenvalue weighted by Gasteiger charge is -2.03. The van der Waals surface area contributed by atoms with Crippen molar-refractivity contribution in [3.05, 3.63) is 94.8 Å². The molecule has 0 aliphatic carbocycles. The number of benzene rings is 3. The summed E-state index contributed by atoms with van der Waals surface area (Å²) in [4.78, 5) is 25.2. The number of hydrogen-bond acceptors (Lipinski definition) is 3. The van der Waals surface area contributed by atoms with E-state index in [4.69, 9.17) is 11.6 Å². The highest BCUT2D eigenvalue weighted by Gasteiger charge is 2.21. The van der Waals surface area contributed by atoms with Gasteiger partial charge in [-0.25, -0.2) is 4.68 Å². The molecule has 1 aromatic heterocycles. The van der Waals surface area contributed by atoms with Gasteiger partial charge in [0.2, 0.25) is 0 Å². The predicted molar refractivity (Wildman–Crippen MR) is 106 cm³/mol. The van der Waals surface area contributed by atoms with Crippen molar-refractivity contribution in [3.63, 3.8) is 0 Å². The predicted octanol–water partition coefficient (Wildman–Crippen LogP) is 5.11. The third-order valence-corrected chi connectivity index (χ3v) is 4.65. The zero-order valence-electron chi connectivity index (χ0n) is 14.5. The molecule has 0 radical (unpaired) electrons. The maximum absolute atomic E-state index is 13.1. The molecule has 0 bridgehead atoms. The number of carbonyl (C=O) groups is 2. The number of ketones is 2. The molecule has 0 aliphatic heterocycles. The number of hydrogen-bond donors (Lipinski definition) is 0. The van der Waals surface area contributed by atoms with Gasteiger partial charge in [-0.3, -0.25) is 9.59 Å². The number of carbonyl (C=O) groups excluding carboxylic acids is 2. The van der Waals surface area contributed by atoms with Crippen molar-refractivity contribution in [3.8, 4) is 5.69 Å². The first-order valence-corrected chi connectivity index (χ1v) is 8.81. The first kappa shape index (κ1) is 17.2. The van der Waals surface area contributed by atoms with Crippen LogP contribution in [0.25, 0.3) is 16.5 Å². The van der Waals surface area contributed by atoms with Crippen molar-refractivity contribution >= 4 is 33.9 Å². The van der Waals surface area contributed by atoms with E-state index in [0.29, 0.717) is 10.6 Å².